The summed E-state index contributed by atoms with van der Waals surface area (Å²) < 4.78 is 23.8. The molecule has 1 N–H and O–H groups in total. The van der Waals surface area contributed by atoms with E-state index in [1.807, 2.05) is 37.5 Å². The molecule has 1 atom stereocenters. The molecule has 0 spiro atoms. The quantitative estimate of drug-likeness (QED) is 0.352. The first-order chi connectivity index (χ1) is 17.8. The minimum Gasteiger partial charge on any atom is -0.386 e. The molecule has 0 saturated carbocycles. The van der Waals surface area contributed by atoms with Gasteiger partial charge in [-0.05, 0) is 68.0 Å². The van der Waals surface area contributed by atoms with Crippen molar-refractivity contribution >= 4 is 21.9 Å². The molecular formula is C29H30FN5O2. The molecule has 0 aliphatic carbocycles. The number of hydrogen-bond acceptors (Lipinski definition) is 5. The SMILES string of the molecule is Cn1nncc1-c1cnc2c3ccc(C(C)(C)O)cc3n([C@H](c3ccc(F)cc3)C3CCOCC3)c2c1. The first-order valence-electron chi connectivity index (χ1n) is 12.7. The molecule has 0 radical (unpaired) electrons. The summed E-state index contributed by atoms with van der Waals surface area (Å²) in [6.07, 6.45) is 5.38. The molecule has 7 nitrogen and oxygen atoms in total. The number of aromatic nitrogens is 5. The molecule has 2 aromatic carbocycles. The Hall–Kier alpha value is -3.62. The van der Waals surface area contributed by atoms with Gasteiger partial charge in [0.2, 0.25) is 0 Å². The van der Waals surface area contributed by atoms with Crippen LogP contribution in [0.3, 0.4) is 0 Å². The molecule has 1 aliphatic rings. The number of aryl methyl sites for hydroxylation is 1. The van der Waals surface area contributed by atoms with Gasteiger partial charge in [-0.25, -0.2) is 9.07 Å². The largest absolute Gasteiger partial charge is 0.386 e. The molecule has 1 saturated heterocycles. The molecule has 4 heterocycles. The van der Waals surface area contributed by atoms with Crippen LogP contribution in [0.1, 0.15) is 43.9 Å². The summed E-state index contributed by atoms with van der Waals surface area (Å²) in [7, 11) is 1.86. The van der Waals surface area contributed by atoms with Gasteiger partial charge in [-0.1, -0.05) is 29.5 Å². The number of aliphatic hydroxyl groups is 1. The molecule has 8 heteroatoms. The van der Waals surface area contributed by atoms with Crippen LogP contribution in [0.5, 0.6) is 0 Å². The fraction of sp³-hybridized carbons (Fsp3) is 0.345. The third-order valence-electron chi connectivity index (χ3n) is 7.56. The second-order valence-corrected chi connectivity index (χ2v) is 10.4. The van der Waals surface area contributed by atoms with E-state index in [9.17, 15) is 9.50 Å². The highest BCUT2D eigenvalue weighted by atomic mass is 19.1. The van der Waals surface area contributed by atoms with Gasteiger partial charge in [0.05, 0.1) is 40.1 Å². The van der Waals surface area contributed by atoms with Crippen LogP contribution in [-0.2, 0) is 17.4 Å². The first kappa shape index (κ1) is 23.8. The minimum atomic E-state index is -1.00. The van der Waals surface area contributed by atoms with E-state index in [1.54, 1.807) is 24.7 Å². The van der Waals surface area contributed by atoms with E-state index in [2.05, 4.69) is 27.0 Å². The maximum atomic E-state index is 14.0. The lowest BCUT2D eigenvalue weighted by atomic mass is 9.86. The van der Waals surface area contributed by atoms with E-state index >= 15 is 0 Å². The summed E-state index contributed by atoms with van der Waals surface area (Å²) in [5.41, 5.74) is 5.49. The molecule has 1 aliphatic heterocycles. The highest BCUT2D eigenvalue weighted by Crippen LogP contribution is 2.42. The monoisotopic (exact) mass is 499 g/mol. The van der Waals surface area contributed by atoms with Gasteiger partial charge in [-0.15, -0.1) is 5.10 Å². The number of ether oxygens (including phenoxy) is 1. The fourth-order valence-corrected chi connectivity index (χ4v) is 5.60. The average Bonchev–Trinajstić information content (AvgIpc) is 3.46. The second kappa shape index (κ2) is 9.04. The maximum Gasteiger partial charge on any atom is 0.123 e. The Bertz CT molecular complexity index is 1580. The number of pyridine rings is 1. The van der Waals surface area contributed by atoms with Crippen LogP contribution >= 0.6 is 0 Å². The van der Waals surface area contributed by atoms with Gasteiger partial charge in [-0.3, -0.25) is 4.98 Å². The molecule has 0 bridgehead atoms. The fourth-order valence-electron chi connectivity index (χ4n) is 5.60. The zero-order valence-electron chi connectivity index (χ0n) is 21.2. The number of hydrogen-bond donors (Lipinski definition) is 1. The van der Waals surface area contributed by atoms with Crippen LogP contribution in [-0.4, -0.2) is 42.9 Å². The lowest BCUT2D eigenvalue weighted by Gasteiger charge is -2.33. The van der Waals surface area contributed by atoms with Crippen molar-refractivity contribution in [1.29, 1.82) is 0 Å². The Morgan fingerprint density at radius 1 is 1.03 bits per heavy atom. The molecule has 0 amide bonds. The Morgan fingerprint density at radius 2 is 1.78 bits per heavy atom. The normalized spacial score (nSPS) is 16.0. The van der Waals surface area contributed by atoms with Crippen LogP contribution in [0.25, 0.3) is 33.2 Å². The number of nitrogens with zero attached hydrogens (tertiary/aromatic N) is 5. The Labute approximate surface area is 214 Å². The molecule has 6 rings (SSSR count). The summed E-state index contributed by atoms with van der Waals surface area (Å²) in [5.74, 6) is 0.0273. The van der Waals surface area contributed by atoms with Crippen molar-refractivity contribution in [3.05, 3.63) is 77.9 Å². The van der Waals surface area contributed by atoms with Crippen LogP contribution < -0.4 is 0 Å². The second-order valence-electron chi connectivity index (χ2n) is 10.4. The zero-order valence-corrected chi connectivity index (χ0v) is 21.2. The highest BCUT2D eigenvalue weighted by Gasteiger charge is 2.31. The van der Waals surface area contributed by atoms with Gasteiger partial charge in [0, 0.05) is 37.4 Å². The van der Waals surface area contributed by atoms with Crippen molar-refractivity contribution in [1.82, 2.24) is 24.5 Å². The van der Waals surface area contributed by atoms with Crippen LogP contribution in [0.2, 0.25) is 0 Å². The van der Waals surface area contributed by atoms with Gasteiger partial charge in [0.15, 0.2) is 0 Å². The third-order valence-corrected chi connectivity index (χ3v) is 7.56. The number of fused-ring (bicyclic) bond motifs is 3. The van der Waals surface area contributed by atoms with Crippen molar-refractivity contribution in [2.24, 2.45) is 13.0 Å². The van der Waals surface area contributed by atoms with Gasteiger partial charge in [0.25, 0.3) is 0 Å². The number of halogens is 1. The van der Waals surface area contributed by atoms with E-state index in [0.717, 1.165) is 57.2 Å². The van der Waals surface area contributed by atoms with Crippen LogP contribution in [0, 0.1) is 11.7 Å². The third kappa shape index (κ3) is 4.20. The summed E-state index contributed by atoms with van der Waals surface area (Å²) in [6.45, 7) is 4.98. The maximum absolute atomic E-state index is 14.0. The lowest BCUT2D eigenvalue weighted by molar-refractivity contribution is 0.0552. The number of rotatable bonds is 5. The van der Waals surface area contributed by atoms with Crippen molar-refractivity contribution in [2.45, 2.75) is 38.3 Å². The van der Waals surface area contributed by atoms with E-state index < -0.39 is 5.60 Å². The molecule has 1 fully saturated rings. The lowest BCUT2D eigenvalue weighted by Crippen LogP contribution is -2.27. The van der Waals surface area contributed by atoms with Crippen molar-refractivity contribution < 1.29 is 14.2 Å². The van der Waals surface area contributed by atoms with E-state index in [1.165, 1.54) is 12.1 Å². The molecule has 3 aromatic heterocycles. The predicted octanol–water partition coefficient (Wildman–Crippen LogP) is 5.37. The van der Waals surface area contributed by atoms with Crippen molar-refractivity contribution in [3.8, 4) is 11.3 Å². The summed E-state index contributed by atoms with van der Waals surface area (Å²) in [6, 6.07) is 15.0. The standard InChI is InChI=1S/C29H30FN5O2/c1-29(2,36)21-6-9-23-24(15-21)35(25-14-20(16-31-27(23)25)26-17-32-33-34(26)3)28(19-10-12-37-13-11-19)18-4-7-22(30)8-5-18/h4-9,14-17,19,28,36H,10-13H2,1-3H3/t28-/m1/s1. The predicted molar refractivity (Wildman–Crippen MR) is 141 cm³/mol. The summed E-state index contributed by atoms with van der Waals surface area (Å²) in [4.78, 5) is 4.92. The first-order valence-corrected chi connectivity index (χ1v) is 12.7. The molecule has 37 heavy (non-hydrogen) atoms. The van der Waals surface area contributed by atoms with Crippen LogP contribution in [0.4, 0.5) is 4.39 Å². The molecule has 190 valence electrons. The molecule has 5 aromatic rings. The van der Waals surface area contributed by atoms with E-state index in [4.69, 9.17) is 9.72 Å². The Morgan fingerprint density at radius 3 is 2.46 bits per heavy atom. The van der Waals surface area contributed by atoms with Gasteiger partial charge < -0.3 is 14.4 Å². The van der Waals surface area contributed by atoms with Crippen molar-refractivity contribution in [2.75, 3.05) is 13.2 Å². The van der Waals surface area contributed by atoms with Gasteiger partial charge in [0.1, 0.15) is 5.82 Å². The minimum absolute atomic E-state index is 0.0664. The van der Waals surface area contributed by atoms with Gasteiger partial charge >= 0.3 is 0 Å². The topological polar surface area (TPSA) is 78.0 Å². The molecule has 0 unspecified atom stereocenters. The Kier molecular flexibility index (Phi) is 5.81. The summed E-state index contributed by atoms with van der Waals surface area (Å²) >= 11 is 0. The number of benzene rings is 2. The van der Waals surface area contributed by atoms with E-state index in [0.29, 0.717) is 13.2 Å². The van der Waals surface area contributed by atoms with Gasteiger partial charge in [-0.2, -0.15) is 0 Å². The zero-order chi connectivity index (χ0) is 25.7. The van der Waals surface area contributed by atoms with E-state index in [-0.39, 0.29) is 17.8 Å². The Balaban J connectivity index is 1.68. The average molecular weight is 500 g/mol. The molecular weight excluding hydrogens is 469 g/mol. The van der Waals surface area contributed by atoms with Crippen molar-refractivity contribution in [3.63, 3.8) is 0 Å². The smallest absolute Gasteiger partial charge is 0.123 e. The summed E-state index contributed by atoms with van der Waals surface area (Å²) in [5, 5.41) is 20.0. The highest BCUT2D eigenvalue weighted by molar-refractivity contribution is 6.07. The van der Waals surface area contributed by atoms with Crippen LogP contribution in [0.15, 0.2) is 60.9 Å².